The molecule has 0 aromatic heterocycles. The third kappa shape index (κ3) is 5.04. The van der Waals surface area contributed by atoms with Gasteiger partial charge in [-0.15, -0.1) is 0 Å². The van der Waals surface area contributed by atoms with Crippen LogP contribution in [0.1, 0.15) is 25.0 Å². The van der Waals surface area contributed by atoms with Crippen LogP contribution < -0.4 is 4.74 Å². The summed E-state index contributed by atoms with van der Waals surface area (Å²) in [5.74, 6) is 0.825. The van der Waals surface area contributed by atoms with E-state index in [1.807, 2.05) is 43.1 Å². The van der Waals surface area contributed by atoms with E-state index >= 15 is 0 Å². The average Bonchev–Trinajstić information content (AvgIpc) is 2.37. The van der Waals surface area contributed by atoms with E-state index in [1.165, 1.54) is 0 Å². The van der Waals surface area contributed by atoms with Gasteiger partial charge in [0.15, 0.2) is 0 Å². The van der Waals surface area contributed by atoms with Gasteiger partial charge in [-0.05, 0) is 38.1 Å². The molecule has 18 heavy (non-hydrogen) atoms. The van der Waals surface area contributed by atoms with Gasteiger partial charge >= 0.3 is 0 Å². The summed E-state index contributed by atoms with van der Waals surface area (Å²) in [5, 5.41) is 18.8. The molecule has 0 aliphatic heterocycles. The fourth-order valence-corrected chi connectivity index (χ4v) is 1.74. The lowest BCUT2D eigenvalue weighted by Crippen LogP contribution is -2.24. The molecule has 1 unspecified atom stereocenters. The molecule has 1 atom stereocenters. The van der Waals surface area contributed by atoms with Crippen LogP contribution >= 0.6 is 0 Å². The van der Waals surface area contributed by atoms with Gasteiger partial charge in [-0.3, -0.25) is 0 Å². The molecule has 0 radical (unpaired) electrons. The van der Waals surface area contributed by atoms with Gasteiger partial charge in [-0.2, -0.15) is 0 Å². The minimum atomic E-state index is -0.471. The molecule has 0 amide bonds. The molecule has 4 nitrogen and oxygen atoms in total. The van der Waals surface area contributed by atoms with Gasteiger partial charge in [0, 0.05) is 13.1 Å². The zero-order valence-electron chi connectivity index (χ0n) is 11.2. The van der Waals surface area contributed by atoms with Crippen molar-refractivity contribution >= 4 is 0 Å². The monoisotopic (exact) mass is 253 g/mol. The van der Waals surface area contributed by atoms with Crippen molar-refractivity contribution in [1.82, 2.24) is 4.90 Å². The topological polar surface area (TPSA) is 52.9 Å². The predicted molar refractivity (Wildman–Crippen MR) is 71.8 cm³/mol. The van der Waals surface area contributed by atoms with Crippen LogP contribution in [0.3, 0.4) is 0 Å². The summed E-state index contributed by atoms with van der Waals surface area (Å²) in [6, 6.07) is 7.53. The number of aliphatic hydroxyl groups is 2. The first-order valence-corrected chi connectivity index (χ1v) is 6.37. The van der Waals surface area contributed by atoms with Gasteiger partial charge in [0.05, 0.1) is 19.3 Å². The molecule has 1 rings (SSSR count). The minimum absolute atomic E-state index is 0.148. The Bertz CT molecular complexity index is 326. The average molecular weight is 253 g/mol. The van der Waals surface area contributed by atoms with Crippen LogP contribution in [0, 0.1) is 0 Å². The maximum Gasteiger partial charge on any atom is 0.119 e. The highest BCUT2D eigenvalue weighted by molar-refractivity contribution is 5.28. The van der Waals surface area contributed by atoms with Crippen LogP contribution in [0.5, 0.6) is 5.75 Å². The van der Waals surface area contributed by atoms with Gasteiger partial charge in [0.1, 0.15) is 5.75 Å². The third-order valence-electron chi connectivity index (χ3n) is 2.84. The van der Waals surface area contributed by atoms with Crippen molar-refractivity contribution in [2.75, 3.05) is 33.4 Å². The molecule has 0 spiro atoms. The summed E-state index contributed by atoms with van der Waals surface area (Å²) >= 11 is 0. The van der Waals surface area contributed by atoms with E-state index in [0.717, 1.165) is 17.9 Å². The highest BCUT2D eigenvalue weighted by Gasteiger charge is 2.08. The van der Waals surface area contributed by atoms with Gasteiger partial charge in [0.25, 0.3) is 0 Å². The Balaban J connectivity index is 2.43. The first kappa shape index (κ1) is 15.0. The standard InChI is InChI=1S/C14H23NO3/c1-3-18-13-6-4-12(5-7-13)14(17)8-9-15(2)10-11-16/h4-7,14,16-17H,3,8-11H2,1-2H3. The lowest BCUT2D eigenvalue weighted by Gasteiger charge is -2.18. The van der Waals surface area contributed by atoms with Crippen LogP contribution in [0.4, 0.5) is 0 Å². The van der Waals surface area contributed by atoms with Crippen molar-refractivity contribution in [3.63, 3.8) is 0 Å². The van der Waals surface area contributed by atoms with E-state index in [2.05, 4.69) is 0 Å². The first-order chi connectivity index (χ1) is 8.67. The van der Waals surface area contributed by atoms with E-state index in [-0.39, 0.29) is 6.61 Å². The fourth-order valence-electron chi connectivity index (χ4n) is 1.74. The fraction of sp³-hybridized carbons (Fsp3) is 0.571. The van der Waals surface area contributed by atoms with Crippen molar-refractivity contribution in [3.05, 3.63) is 29.8 Å². The number of aliphatic hydroxyl groups excluding tert-OH is 2. The number of likely N-dealkylation sites (N-methyl/N-ethyl adjacent to an activating group) is 1. The molecular weight excluding hydrogens is 230 g/mol. The Morgan fingerprint density at radius 2 is 1.89 bits per heavy atom. The molecular formula is C14H23NO3. The Labute approximate surface area is 109 Å². The molecule has 0 saturated carbocycles. The summed E-state index contributed by atoms with van der Waals surface area (Å²) < 4.78 is 5.35. The number of ether oxygens (including phenoxy) is 1. The van der Waals surface area contributed by atoms with Crippen LogP contribution in [0.2, 0.25) is 0 Å². The van der Waals surface area contributed by atoms with E-state index in [9.17, 15) is 5.11 Å². The SMILES string of the molecule is CCOc1ccc(C(O)CCN(C)CCO)cc1. The van der Waals surface area contributed by atoms with Gasteiger partial charge in [-0.1, -0.05) is 12.1 Å². The normalized spacial score (nSPS) is 12.7. The van der Waals surface area contributed by atoms with Crippen LogP contribution in [-0.4, -0.2) is 48.5 Å². The van der Waals surface area contributed by atoms with Gasteiger partial charge in [0.2, 0.25) is 0 Å². The molecule has 1 aromatic carbocycles. The zero-order valence-corrected chi connectivity index (χ0v) is 11.2. The summed E-state index contributed by atoms with van der Waals surface area (Å²) in [5.41, 5.74) is 0.899. The Morgan fingerprint density at radius 3 is 2.44 bits per heavy atom. The summed E-state index contributed by atoms with van der Waals surface area (Å²) in [4.78, 5) is 2.00. The van der Waals surface area contributed by atoms with E-state index < -0.39 is 6.10 Å². The summed E-state index contributed by atoms with van der Waals surface area (Å²) in [6.07, 6.45) is 0.187. The molecule has 0 aliphatic carbocycles. The quantitative estimate of drug-likeness (QED) is 0.736. The number of nitrogens with zero attached hydrogens (tertiary/aromatic N) is 1. The molecule has 0 saturated heterocycles. The smallest absolute Gasteiger partial charge is 0.119 e. The predicted octanol–water partition coefficient (Wildman–Crippen LogP) is 1.43. The van der Waals surface area contributed by atoms with Crippen molar-refractivity contribution < 1.29 is 14.9 Å². The summed E-state index contributed by atoms with van der Waals surface area (Å²) in [7, 11) is 1.93. The minimum Gasteiger partial charge on any atom is -0.494 e. The zero-order chi connectivity index (χ0) is 13.4. The van der Waals surface area contributed by atoms with Crippen LogP contribution in [-0.2, 0) is 0 Å². The summed E-state index contributed by atoms with van der Waals surface area (Å²) in [6.45, 7) is 4.13. The molecule has 1 aromatic rings. The van der Waals surface area contributed by atoms with E-state index in [1.54, 1.807) is 0 Å². The number of benzene rings is 1. The lowest BCUT2D eigenvalue weighted by molar-refractivity contribution is 0.141. The van der Waals surface area contributed by atoms with E-state index in [0.29, 0.717) is 19.6 Å². The van der Waals surface area contributed by atoms with E-state index in [4.69, 9.17) is 9.84 Å². The second-order valence-electron chi connectivity index (χ2n) is 4.33. The third-order valence-corrected chi connectivity index (χ3v) is 2.84. The second-order valence-corrected chi connectivity index (χ2v) is 4.33. The molecule has 0 bridgehead atoms. The van der Waals surface area contributed by atoms with Crippen LogP contribution in [0.15, 0.2) is 24.3 Å². The van der Waals surface area contributed by atoms with Crippen LogP contribution in [0.25, 0.3) is 0 Å². The molecule has 0 aliphatic rings. The van der Waals surface area contributed by atoms with Crippen molar-refractivity contribution in [2.45, 2.75) is 19.4 Å². The molecule has 0 fully saturated rings. The highest BCUT2D eigenvalue weighted by Crippen LogP contribution is 2.20. The molecule has 2 N–H and O–H groups in total. The Kier molecular flexibility index (Phi) is 6.72. The Morgan fingerprint density at radius 1 is 1.22 bits per heavy atom. The second kappa shape index (κ2) is 8.08. The number of hydrogen-bond acceptors (Lipinski definition) is 4. The number of rotatable bonds is 8. The largest absolute Gasteiger partial charge is 0.494 e. The van der Waals surface area contributed by atoms with Crippen molar-refractivity contribution in [1.29, 1.82) is 0 Å². The highest BCUT2D eigenvalue weighted by atomic mass is 16.5. The van der Waals surface area contributed by atoms with Gasteiger partial charge in [-0.25, -0.2) is 0 Å². The molecule has 4 heteroatoms. The van der Waals surface area contributed by atoms with Crippen molar-refractivity contribution in [2.24, 2.45) is 0 Å². The molecule has 102 valence electrons. The Hall–Kier alpha value is -1.10. The first-order valence-electron chi connectivity index (χ1n) is 6.37. The maximum atomic E-state index is 10.0. The molecule has 0 heterocycles. The maximum absolute atomic E-state index is 10.0. The van der Waals surface area contributed by atoms with Gasteiger partial charge < -0.3 is 19.8 Å². The number of hydrogen-bond donors (Lipinski definition) is 2. The lowest BCUT2D eigenvalue weighted by atomic mass is 10.1. The van der Waals surface area contributed by atoms with Crippen molar-refractivity contribution in [3.8, 4) is 5.75 Å².